The molecule has 4 heterocycles. The molecule has 1 fully saturated rings. The summed E-state index contributed by atoms with van der Waals surface area (Å²) in [5.41, 5.74) is 2.40. The summed E-state index contributed by atoms with van der Waals surface area (Å²) in [6.07, 6.45) is 0. The minimum atomic E-state index is -1.06. The van der Waals surface area contributed by atoms with Crippen LogP contribution >= 0.6 is 11.3 Å². The summed E-state index contributed by atoms with van der Waals surface area (Å²) in [7, 11) is 0. The fourth-order valence-corrected chi connectivity index (χ4v) is 4.11. The zero-order valence-electron chi connectivity index (χ0n) is 15.4. The number of hydrogen-bond acceptors (Lipinski definition) is 7. The van der Waals surface area contributed by atoms with Gasteiger partial charge in [0.2, 0.25) is 5.13 Å². The van der Waals surface area contributed by atoms with Crippen LogP contribution in [0, 0.1) is 0 Å². The Labute approximate surface area is 170 Å². The van der Waals surface area contributed by atoms with Gasteiger partial charge in [-0.15, -0.1) is 11.3 Å². The van der Waals surface area contributed by atoms with Gasteiger partial charge in [-0.25, -0.2) is 14.8 Å². The molecule has 1 aliphatic rings. The minimum Gasteiger partial charge on any atom is -0.476 e. The number of pyridine rings is 1. The summed E-state index contributed by atoms with van der Waals surface area (Å²) in [4.78, 5) is 22.5. The summed E-state index contributed by atoms with van der Waals surface area (Å²) < 4.78 is 7.08. The van der Waals surface area contributed by atoms with E-state index in [0.717, 1.165) is 35.6 Å². The van der Waals surface area contributed by atoms with Gasteiger partial charge in [-0.05, 0) is 12.1 Å². The lowest BCUT2D eigenvalue weighted by atomic mass is 10.1. The molecule has 0 amide bonds. The van der Waals surface area contributed by atoms with E-state index in [0.29, 0.717) is 24.0 Å². The normalized spacial score (nSPS) is 14.4. The third-order valence-electron chi connectivity index (χ3n) is 4.79. The molecule has 1 saturated heterocycles. The first-order valence-corrected chi connectivity index (χ1v) is 10.1. The highest BCUT2D eigenvalue weighted by Gasteiger charge is 2.20. The molecule has 9 heteroatoms. The van der Waals surface area contributed by atoms with E-state index in [1.807, 2.05) is 42.5 Å². The maximum Gasteiger partial charge on any atom is 0.355 e. The number of rotatable bonds is 4. The van der Waals surface area contributed by atoms with Crippen LogP contribution in [0.4, 0.5) is 5.82 Å². The van der Waals surface area contributed by atoms with Crippen molar-refractivity contribution in [2.75, 3.05) is 31.2 Å². The summed E-state index contributed by atoms with van der Waals surface area (Å²) in [5.74, 6) is -0.217. The van der Waals surface area contributed by atoms with Crippen LogP contribution in [0.25, 0.3) is 27.4 Å². The van der Waals surface area contributed by atoms with Crippen LogP contribution in [0.5, 0.6) is 0 Å². The predicted molar refractivity (Wildman–Crippen MR) is 110 cm³/mol. The van der Waals surface area contributed by atoms with Gasteiger partial charge in [0.15, 0.2) is 11.3 Å². The Kier molecular flexibility index (Phi) is 4.45. The van der Waals surface area contributed by atoms with Crippen molar-refractivity contribution >= 4 is 34.2 Å². The average molecular weight is 407 g/mol. The number of fused-ring (bicyclic) bond motifs is 1. The molecule has 0 bridgehead atoms. The molecule has 0 spiro atoms. The highest BCUT2D eigenvalue weighted by Crippen LogP contribution is 2.31. The van der Waals surface area contributed by atoms with Gasteiger partial charge in [0.25, 0.3) is 0 Å². The third-order valence-corrected chi connectivity index (χ3v) is 5.61. The lowest BCUT2D eigenvalue weighted by Crippen LogP contribution is -2.36. The Hall–Kier alpha value is -3.30. The van der Waals surface area contributed by atoms with Crippen molar-refractivity contribution < 1.29 is 14.6 Å². The van der Waals surface area contributed by atoms with E-state index in [1.54, 1.807) is 4.68 Å². The topological polar surface area (TPSA) is 93.4 Å². The molecule has 4 aromatic rings. The van der Waals surface area contributed by atoms with E-state index in [-0.39, 0.29) is 5.69 Å². The van der Waals surface area contributed by atoms with Crippen LogP contribution in [-0.4, -0.2) is 57.1 Å². The number of ether oxygens (including phenoxy) is 1. The largest absolute Gasteiger partial charge is 0.476 e. The van der Waals surface area contributed by atoms with Gasteiger partial charge in [0.05, 0.1) is 13.2 Å². The van der Waals surface area contributed by atoms with Gasteiger partial charge in [-0.1, -0.05) is 30.3 Å². The fourth-order valence-electron chi connectivity index (χ4n) is 3.36. The van der Waals surface area contributed by atoms with E-state index in [9.17, 15) is 9.90 Å². The molecule has 5 rings (SSSR count). The molecule has 1 aliphatic heterocycles. The summed E-state index contributed by atoms with van der Waals surface area (Å²) >= 11 is 1.23. The zero-order chi connectivity index (χ0) is 19.8. The van der Waals surface area contributed by atoms with E-state index in [2.05, 4.69) is 9.88 Å². The van der Waals surface area contributed by atoms with E-state index < -0.39 is 5.97 Å². The third kappa shape index (κ3) is 3.24. The number of morpholine rings is 1. The van der Waals surface area contributed by atoms with Crippen molar-refractivity contribution in [2.45, 2.75) is 0 Å². The number of carboxylic acid groups (broad SMARTS) is 1. The van der Waals surface area contributed by atoms with Gasteiger partial charge in [0, 0.05) is 29.4 Å². The molecule has 1 N–H and O–H groups in total. The Balaban J connectivity index is 1.69. The van der Waals surface area contributed by atoms with Crippen LogP contribution in [0.2, 0.25) is 0 Å². The van der Waals surface area contributed by atoms with E-state index in [1.165, 1.54) is 16.7 Å². The Morgan fingerprint density at radius 2 is 1.86 bits per heavy atom. The molecule has 0 radical (unpaired) electrons. The molecule has 0 aliphatic carbocycles. The maximum absolute atomic E-state index is 11.3. The summed E-state index contributed by atoms with van der Waals surface area (Å²) in [6, 6.07) is 13.9. The van der Waals surface area contributed by atoms with Crippen molar-refractivity contribution in [1.82, 2.24) is 19.7 Å². The van der Waals surface area contributed by atoms with Crippen molar-refractivity contribution in [3.05, 3.63) is 53.5 Å². The number of aromatic carboxylic acids is 1. The monoisotopic (exact) mass is 407 g/mol. The molecule has 0 atom stereocenters. The van der Waals surface area contributed by atoms with Gasteiger partial charge >= 0.3 is 5.97 Å². The van der Waals surface area contributed by atoms with Crippen LogP contribution < -0.4 is 4.90 Å². The molecular weight excluding hydrogens is 390 g/mol. The van der Waals surface area contributed by atoms with Crippen molar-refractivity contribution in [2.24, 2.45) is 0 Å². The maximum atomic E-state index is 11.3. The van der Waals surface area contributed by atoms with Gasteiger partial charge in [-0.3, -0.25) is 0 Å². The Morgan fingerprint density at radius 1 is 1.07 bits per heavy atom. The standard InChI is InChI=1S/C20H17N5O3S/c26-19(27)15-12-29-20(21-15)25-18-14(17(23-25)13-4-2-1-3-5-13)6-7-16(22-18)24-8-10-28-11-9-24/h1-7,12H,8-11H2,(H,26,27). The second-order valence-corrected chi connectivity index (χ2v) is 7.42. The SMILES string of the molecule is O=C(O)c1csc(-n2nc(-c3ccccc3)c3ccc(N4CCOCC4)nc32)n1. The van der Waals surface area contributed by atoms with Crippen molar-refractivity contribution in [3.8, 4) is 16.4 Å². The Morgan fingerprint density at radius 3 is 2.59 bits per heavy atom. The van der Waals surface area contributed by atoms with Crippen LogP contribution in [-0.2, 0) is 4.74 Å². The van der Waals surface area contributed by atoms with Gasteiger partial charge in [-0.2, -0.15) is 9.78 Å². The lowest BCUT2D eigenvalue weighted by Gasteiger charge is -2.27. The minimum absolute atomic E-state index is 0.000699. The Bertz CT molecular complexity index is 1180. The second kappa shape index (κ2) is 7.26. The molecule has 1 aromatic carbocycles. The molecule has 146 valence electrons. The number of thiazole rings is 1. The number of anilines is 1. The number of aromatic nitrogens is 4. The predicted octanol–water partition coefficient (Wildman–Crippen LogP) is 3.08. The van der Waals surface area contributed by atoms with Crippen LogP contribution in [0.15, 0.2) is 47.8 Å². The van der Waals surface area contributed by atoms with Crippen LogP contribution in [0.3, 0.4) is 0 Å². The van der Waals surface area contributed by atoms with E-state index >= 15 is 0 Å². The molecule has 3 aromatic heterocycles. The molecule has 0 saturated carbocycles. The highest BCUT2D eigenvalue weighted by atomic mass is 32.1. The molecule has 8 nitrogen and oxygen atoms in total. The highest BCUT2D eigenvalue weighted by molar-refractivity contribution is 7.12. The summed E-state index contributed by atoms with van der Waals surface area (Å²) in [5, 5.41) is 16.9. The first kappa shape index (κ1) is 17.8. The zero-order valence-corrected chi connectivity index (χ0v) is 16.2. The lowest BCUT2D eigenvalue weighted by molar-refractivity contribution is 0.0691. The number of nitrogens with zero attached hydrogens (tertiary/aromatic N) is 5. The first-order chi connectivity index (χ1) is 14.2. The summed E-state index contributed by atoms with van der Waals surface area (Å²) in [6.45, 7) is 2.89. The van der Waals surface area contributed by atoms with Crippen LogP contribution in [0.1, 0.15) is 10.5 Å². The second-order valence-electron chi connectivity index (χ2n) is 6.59. The first-order valence-electron chi connectivity index (χ1n) is 9.18. The van der Waals surface area contributed by atoms with Gasteiger partial charge < -0.3 is 14.7 Å². The van der Waals surface area contributed by atoms with Crippen molar-refractivity contribution in [1.29, 1.82) is 0 Å². The average Bonchev–Trinajstić information content (AvgIpc) is 3.40. The van der Waals surface area contributed by atoms with E-state index in [4.69, 9.17) is 14.8 Å². The number of carboxylic acids is 1. The quantitative estimate of drug-likeness (QED) is 0.556. The fraction of sp³-hybridized carbons (Fsp3) is 0.200. The van der Waals surface area contributed by atoms with Gasteiger partial charge in [0.1, 0.15) is 11.5 Å². The molecule has 29 heavy (non-hydrogen) atoms. The number of carbonyl (C=O) groups is 1. The smallest absolute Gasteiger partial charge is 0.355 e. The number of hydrogen-bond donors (Lipinski definition) is 1. The molecule has 0 unspecified atom stereocenters. The van der Waals surface area contributed by atoms with Crippen molar-refractivity contribution in [3.63, 3.8) is 0 Å². The number of benzene rings is 1. The molecular formula is C20H17N5O3S.